The lowest BCUT2D eigenvalue weighted by Crippen LogP contribution is -2.37. The maximum atomic E-state index is 12.5. The molecule has 0 spiro atoms. The van der Waals surface area contributed by atoms with Crippen LogP contribution in [0.1, 0.15) is 78.1 Å². The number of hydrogen-bond donors (Lipinski definition) is 0. The molecule has 1 rings (SSSR count). The Morgan fingerprint density at radius 1 is 1.11 bits per heavy atom. The van der Waals surface area contributed by atoms with E-state index in [-0.39, 0.29) is 5.41 Å². The molecule has 1 aliphatic carbocycles. The van der Waals surface area contributed by atoms with Crippen molar-refractivity contribution in [3.8, 4) is 0 Å². The van der Waals surface area contributed by atoms with E-state index in [2.05, 4.69) is 13.8 Å². The lowest BCUT2D eigenvalue weighted by molar-refractivity contribution is -0.134. The normalized spacial score (nSPS) is 18.7. The minimum Gasteiger partial charge on any atom is -0.384 e. The summed E-state index contributed by atoms with van der Waals surface area (Å²) in [6.07, 6.45) is 11.4. The van der Waals surface area contributed by atoms with Crippen LogP contribution in [0.2, 0.25) is 0 Å². The average molecular weight is 268 g/mol. The molecule has 1 aliphatic rings. The predicted octanol–water partition coefficient (Wildman–Crippen LogP) is 4.76. The summed E-state index contributed by atoms with van der Waals surface area (Å²) in [6.45, 7) is 5.17. The van der Waals surface area contributed by atoms with E-state index in [9.17, 15) is 4.79 Å². The average Bonchev–Trinajstić information content (AvgIpc) is 2.39. The highest BCUT2D eigenvalue weighted by molar-refractivity contribution is 5.85. The van der Waals surface area contributed by atoms with Crippen molar-refractivity contribution in [3.05, 3.63) is 0 Å². The summed E-state index contributed by atoms with van der Waals surface area (Å²) in [5.74, 6) is 1.26. The summed E-state index contributed by atoms with van der Waals surface area (Å²) in [6, 6.07) is 0. The summed E-state index contributed by atoms with van der Waals surface area (Å²) in [5.41, 5.74) is -0.134. The van der Waals surface area contributed by atoms with Crippen molar-refractivity contribution in [2.45, 2.75) is 78.1 Å². The first-order valence-electron chi connectivity index (χ1n) is 8.13. The molecule has 0 radical (unpaired) electrons. The smallest absolute Gasteiger partial charge is 0.141 e. The number of hydrogen-bond acceptors (Lipinski definition) is 2. The lowest BCUT2D eigenvalue weighted by atomic mass is 9.70. The minimum atomic E-state index is -0.134. The van der Waals surface area contributed by atoms with E-state index in [1.165, 1.54) is 38.5 Å². The van der Waals surface area contributed by atoms with E-state index < -0.39 is 0 Å². The van der Waals surface area contributed by atoms with Crippen LogP contribution < -0.4 is 0 Å². The van der Waals surface area contributed by atoms with E-state index in [0.29, 0.717) is 12.4 Å². The van der Waals surface area contributed by atoms with Crippen LogP contribution in [0.25, 0.3) is 0 Å². The number of ether oxygens (including phenoxy) is 1. The highest BCUT2D eigenvalue weighted by Gasteiger charge is 2.38. The fraction of sp³-hybridized carbons (Fsp3) is 0.941. The number of methoxy groups -OCH3 is 1. The van der Waals surface area contributed by atoms with E-state index in [1.807, 2.05) is 0 Å². The number of ketones is 1. The van der Waals surface area contributed by atoms with Gasteiger partial charge in [0.05, 0.1) is 12.0 Å². The molecule has 0 heterocycles. The molecule has 0 unspecified atom stereocenters. The molecule has 0 amide bonds. The maximum Gasteiger partial charge on any atom is 0.141 e. The molecule has 0 aromatic rings. The Bertz CT molecular complexity index is 246. The Kier molecular flexibility index (Phi) is 7.67. The maximum absolute atomic E-state index is 12.5. The molecule has 19 heavy (non-hydrogen) atoms. The Balaban J connectivity index is 2.32. The van der Waals surface area contributed by atoms with Crippen molar-refractivity contribution in [1.82, 2.24) is 0 Å². The third kappa shape index (κ3) is 5.64. The predicted molar refractivity (Wildman–Crippen MR) is 80.3 cm³/mol. The molecule has 0 atom stereocenters. The summed E-state index contributed by atoms with van der Waals surface area (Å²) >= 11 is 0. The van der Waals surface area contributed by atoms with Crippen molar-refractivity contribution in [3.63, 3.8) is 0 Å². The quantitative estimate of drug-likeness (QED) is 0.564. The zero-order valence-electron chi connectivity index (χ0n) is 13.2. The molecule has 0 saturated heterocycles. The topological polar surface area (TPSA) is 26.3 Å². The Morgan fingerprint density at radius 2 is 1.79 bits per heavy atom. The van der Waals surface area contributed by atoms with Gasteiger partial charge in [-0.3, -0.25) is 4.79 Å². The zero-order valence-corrected chi connectivity index (χ0v) is 13.2. The van der Waals surface area contributed by atoms with Crippen molar-refractivity contribution in [2.75, 3.05) is 13.7 Å². The second-order valence-corrected chi connectivity index (χ2v) is 6.69. The molecule has 0 aromatic heterocycles. The standard InChI is InChI=1S/C17H32O2/c1-15(2)10-6-4-7-11-16(18)17(14-19-3)12-8-5-9-13-17/h15H,4-14H2,1-3H3. The highest BCUT2D eigenvalue weighted by atomic mass is 16.5. The molecule has 2 nitrogen and oxygen atoms in total. The first kappa shape index (κ1) is 16.7. The molecule has 0 bridgehead atoms. The number of carbonyl (C=O) groups is 1. The second kappa shape index (κ2) is 8.73. The van der Waals surface area contributed by atoms with Gasteiger partial charge in [0.15, 0.2) is 0 Å². The van der Waals surface area contributed by atoms with Crippen LogP contribution in [0.4, 0.5) is 0 Å². The van der Waals surface area contributed by atoms with Crippen molar-refractivity contribution in [2.24, 2.45) is 11.3 Å². The fourth-order valence-electron chi connectivity index (χ4n) is 3.29. The van der Waals surface area contributed by atoms with Crippen molar-refractivity contribution in [1.29, 1.82) is 0 Å². The third-order valence-corrected chi connectivity index (χ3v) is 4.51. The zero-order chi connectivity index (χ0) is 14.1. The van der Waals surface area contributed by atoms with E-state index in [0.717, 1.165) is 31.6 Å². The van der Waals surface area contributed by atoms with Crippen LogP contribution in [-0.4, -0.2) is 19.5 Å². The van der Waals surface area contributed by atoms with Crippen LogP contribution in [-0.2, 0) is 9.53 Å². The third-order valence-electron chi connectivity index (χ3n) is 4.51. The summed E-state index contributed by atoms with van der Waals surface area (Å²) in [4.78, 5) is 12.5. The number of Topliss-reactive ketones (excluding diaryl/α,β-unsaturated/α-hetero) is 1. The molecule has 0 N–H and O–H groups in total. The van der Waals surface area contributed by atoms with E-state index in [4.69, 9.17) is 4.74 Å². The molecular weight excluding hydrogens is 236 g/mol. The van der Waals surface area contributed by atoms with Crippen LogP contribution in [0.5, 0.6) is 0 Å². The highest BCUT2D eigenvalue weighted by Crippen LogP contribution is 2.38. The van der Waals surface area contributed by atoms with Crippen LogP contribution in [0.3, 0.4) is 0 Å². The van der Waals surface area contributed by atoms with Gasteiger partial charge in [-0.05, 0) is 25.2 Å². The van der Waals surface area contributed by atoms with Gasteiger partial charge in [0.2, 0.25) is 0 Å². The van der Waals surface area contributed by atoms with Crippen molar-refractivity contribution >= 4 is 5.78 Å². The molecule has 2 heteroatoms. The van der Waals surface area contributed by atoms with Gasteiger partial charge in [0.1, 0.15) is 5.78 Å². The monoisotopic (exact) mass is 268 g/mol. The van der Waals surface area contributed by atoms with Gasteiger partial charge in [-0.15, -0.1) is 0 Å². The van der Waals surface area contributed by atoms with Gasteiger partial charge < -0.3 is 4.74 Å². The van der Waals surface area contributed by atoms with Gasteiger partial charge in [-0.1, -0.05) is 52.4 Å². The largest absolute Gasteiger partial charge is 0.384 e. The Morgan fingerprint density at radius 3 is 2.37 bits per heavy atom. The van der Waals surface area contributed by atoms with Gasteiger partial charge in [-0.25, -0.2) is 0 Å². The number of unbranched alkanes of at least 4 members (excludes halogenated alkanes) is 2. The van der Waals surface area contributed by atoms with E-state index in [1.54, 1.807) is 7.11 Å². The van der Waals surface area contributed by atoms with E-state index >= 15 is 0 Å². The molecule has 1 fully saturated rings. The van der Waals surface area contributed by atoms with Crippen LogP contribution >= 0.6 is 0 Å². The summed E-state index contributed by atoms with van der Waals surface area (Å²) < 4.78 is 5.34. The first-order chi connectivity index (χ1) is 9.10. The fourth-order valence-corrected chi connectivity index (χ4v) is 3.29. The Hall–Kier alpha value is -0.370. The van der Waals surface area contributed by atoms with Gasteiger partial charge in [-0.2, -0.15) is 0 Å². The lowest BCUT2D eigenvalue weighted by Gasteiger charge is -2.35. The molecule has 0 aromatic carbocycles. The molecule has 112 valence electrons. The van der Waals surface area contributed by atoms with Gasteiger partial charge in [0.25, 0.3) is 0 Å². The SMILES string of the molecule is COCC1(C(=O)CCCCCC(C)C)CCCCC1. The summed E-state index contributed by atoms with van der Waals surface area (Å²) in [7, 11) is 1.73. The van der Waals surface area contributed by atoms with Gasteiger partial charge >= 0.3 is 0 Å². The molecule has 1 saturated carbocycles. The second-order valence-electron chi connectivity index (χ2n) is 6.69. The van der Waals surface area contributed by atoms with Crippen molar-refractivity contribution < 1.29 is 9.53 Å². The first-order valence-corrected chi connectivity index (χ1v) is 8.13. The molecule has 0 aliphatic heterocycles. The number of rotatable bonds is 9. The van der Waals surface area contributed by atoms with Gasteiger partial charge in [0, 0.05) is 13.5 Å². The molecular formula is C17H32O2. The Labute approximate surface area is 119 Å². The number of carbonyl (C=O) groups excluding carboxylic acids is 1. The van der Waals surface area contributed by atoms with Crippen LogP contribution in [0, 0.1) is 11.3 Å². The van der Waals surface area contributed by atoms with Crippen LogP contribution in [0.15, 0.2) is 0 Å². The minimum absolute atomic E-state index is 0.134. The summed E-state index contributed by atoms with van der Waals surface area (Å²) in [5, 5.41) is 0.